The van der Waals surface area contributed by atoms with Gasteiger partial charge >= 0.3 is 5.97 Å². The zero-order chi connectivity index (χ0) is 16.4. The lowest BCUT2D eigenvalue weighted by Gasteiger charge is -2.38. The molecule has 1 aliphatic heterocycles. The first-order valence-corrected chi connectivity index (χ1v) is 8.80. The quantitative estimate of drug-likeness (QED) is 0.804. The van der Waals surface area contributed by atoms with E-state index >= 15 is 0 Å². The molecular formula is C16H21N3O3S. The van der Waals surface area contributed by atoms with Crippen LogP contribution >= 0.6 is 11.3 Å². The zero-order valence-corrected chi connectivity index (χ0v) is 14.2. The second-order valence-corrected chi connectivity index (χ2v) is 6.97. The van der Waals surface area contributed by atoms with Crippen molar-refractivity contribution < 1.29 is 14.3 Å². The second-order valence-electron chi connectivity index (χ2n) is 6.09. The van der Waals surface area contributed by atoms with Crippen LogP contribution in [0.3, 0.4) is 0 Å². The number of aromatic nitrogens is 2. The van der Waals surface area contributed by atoms with Crippen LogP contribution in [0.2, 0.25) is 0 Å². The number of fused-ring (bicyclic) bond motifs is 1. The molecule has 0 bridgehead atoms. The Morgan fingerprint density at radius 1 is 1.35 bits per heavy atom. The van der Waals surface area contributed by atoms with Crippen molar-refractivity contribution >= 4 is 28.2 Å². The lowest BCUT2D eigenvalue weighted by molar-refractivity contribution is -0.154. The maximum atomic E-state index is 12.3. The number of carbonyl (C=O) groups excluding carboxylic acids is 2. The molecule has 124 valence electrons. The number of rotatable bonds is 4. The molecule has 2 atom stereocenters. The van der Waals surface area contributed by atoms with E-state index in [1.807, 2.05) is 40.9 Å². The third-order valence-corrected chi connectivity index (χ3v) is 5.08. The van der Waals surface area contributed by atoms with Crippen molar-refractivity contribution in [1.29, 1.82) is 0 Å². The van der Waals surface area contributed by atoms with E-state index in [4.69, 9.17) is 4.74 Å². The van der Waals surface area contributed by atoms with Gasteiger partial charge in [-0.1, -0.05) is 0 Å². The van der Waals surface area contributed by atoms with Gasteiger partial charge in [0.05, 0.1) is 12.1 Å². The summed E-state index contributed by atoms with van der Waals surface area (Å²) in [5.74, 6) is -0.523. The molecule has 7 heteroatoms. The van der Waals surface area contributed by atoms with Crippen molar-refractivity contribution in [2.24, 2.45) is 0 Å². The molecule has 0 N–H and O–H groups in total. The van der Waals surface area contributed by atoms with Gasteiger partial charge in [-0.15, -0.1) is 11.3 Å². The van der Waals surface area contributed by atoms with E-state index in [0.717, 1.165) is 24.2 Å². The average Bonchev–Trinajstić information content (AvgIpc) is 3.06. The van der Waals surface area contributed by atoms with Crippen LogP contribution in [-0.2, 0) is 20.7 Å². The van der Waals surface area contributed by atoms with Crippen molar-refractivity contribution in [2.75, 3.05) is 6.61 Å². The van der Waals surface area contributed by atoms with Gasteiger partial charge < -0.3 is 9.64 Å². The summed E-state index contributed by atoms with van der Waals surface area (Å²) in [6.07, 6.45) is 6.95. The first-order valence-electron chi connectivity index (χ1n) is 7.92. The fraction of sp³-hybridized carbons (Fsp3) is 0.562. The van der Waals surface area contributed by atoms with Crippen LogP contribution in [0.15, 0.2) is 17.8 Å². The standard InChI is InChI=1S/C16H21N3O3S/c1-11-4-3-5-12(2)19(11)14(20)10-22-15(21)8-13-9-18-6-7-23-16(18)17-13/h6-7,9,11-12H,3-5,8,10H2,1-2H3/t11-,12-/m0/s1. The largest absolute Gasteiger partial charge is 0.455 e. The van der Waals surface area contributed by atoms with Gasteiger partial charge in [0.1, 0.15) is 0 Å². The Kier molecular flexibility index (Phi) is 4.66. The molecule has 0 spiro atoms. The summed E-state index contributed by atoms with van der Waals surface area (Å²) in [6.45, 7) is 3.91. The number of amides is 1. The summed E-state index contributed by atoms with van der Waals surface area (Å²) in [5, 5.41) is 1.93. The number of imidazole rings is 1. The van der Waals surface area contributed by atoms with Gasteiger partial charge in [0.25, 0.3) is 5.91 Å². The zero-order valence-electron chi connectivity index (χ0n) is 13.4. The Hall–Kier alpha value is -1.89. The average molecular weight is 335 g/mol. The maximum Gasteiger partial charge on any atom is 0.312 e. The number of nitrogens with zero attached hydrogens (tertiary/aromatic N) is 3. The highest BCUT2D eigenvalue weighted by Crippen LogP contribution is 2.22. The molecule has 2 aromatic rings. The molecule has 2 aromatic heterocycles. The predicted octanol–water partition coefficient (Wildman–Crippen LogP) is 2.27. The van der Waals surface area contributed by atoms with E-state index < -0.39 is 5.97 Å². The van der Waals surface area contributed by atoms with Crippen LogP contribution in [0.5, 0.6) is 0 Å². The fourth-order valence-corrected chi connectivity index (χ4v) is 3.91. The number of piperidine rings is 1. The smallest absolute Gasteiger partial charge is 0.312 e. The van der Waals surface area contributed by atoms with Crippen LogP contribution in [0.25, 0.3) is 4.96 Å². The highest BCUT2D eigenvalue weighted by molar-refractivity contribution is 7.15. The molecule has 1 fully saturated rings. The topological polar surface area (TPSA) is 63.9 Å². The minimum absolute atomic E-state index is 0.0901. The van der Waals surface area contributed by atoms with Gasteiger partial charge in [0, 0.05) is 29.9 Å². The SMILES string of the molecule is C[C@H]1CCC[C@H](C)N1C(=O)COC(=O)Cc1cn2ccsc2n1. The van der Waals surface area contributed by atoms with Crippen LogP contribution < -0.4 is 0 Å². The third-order valence-electron chi connectivity index (χ3n) is 4.31. The van der Waals surface area contributed by atoms with Gasteiger partial charge in [-0.05, 0) is 33.1 Å². The van der Waals surface area contributed by atoms with Crippen molar-refractivity contribution in [3.8, 4) is 0 Å². The van der Waals surface area contributed by atoms with Gasteiger partial charge in [-0.25, -0.2) is 4.98 Å². The highest BCUT2D eigenvalue weighted by Gasteiger charge is 2.29. The minimum atomic E-state index is -0.415. The van der Waals surface area contributed by atoms with Gasteiger partial charge in [0.15, 0.2) is 11.6 Å². The fourth-order valence-electron chi connectivity index (χ4n) is 3.19. The van der Waals surface area contributed by atoms with Gasteiger partial charge in [0.2, 0.25) is 0 Å². The summed E-state index contributed by atoms with van der Waals surface area (Å²) in [5.41, 5.74) is 0.661. The molecule has 3 heterocycles. The number of hydrogen-bond donors (Lipinski definition) is 0. The lowest BCUT2D eigenvalue weighted by Crippen LogP contribution is -2.49. The molecule has 1 aliphatic rings. The summed E-state index contributed by atoms with van der Waals surface area (Å²) >= 11 is 1.51. The molecule has 0 radical (unpaired) electrons. The summed E-state index contributed by atoms with van der Waals surface area (Å²) in [6, 6.07) is 0.426. The van der Waals surface area contributed by atoms with Crippen LogP contribution in [-0.4, -0.2) is 44.9 Å². The minimum Gasteiger partial charge on any atom is -0.455 e. The number of ether oxygens (including phenoxy) is 1. The molecular weight excluding hydrogens is 314 g/mol. The molecule has 0 aliphatic carbocycles. The van der Waals surface area contributed by atoms with Crippen LogP contribution in [0.1, 0.15) is 38.8 Å². The van der Waals surface area contributed by atoms with Crippen molar-refractivity contribution in [3.63, 3.8) is 0 Å². The van der Waals surface area contributed by atoms with E-state index in [1.54, 1.807) is 0 Å². The first kappa shape index (κ1) is 16.0. The second kappa shape index (κ2) is 6.70. The molecule has 23 heavy (non-hydrogen) atoms. The molecule has 6 nitrogen and oxygen atoms in total. The van der Waals surface area contributed by atoms with Gasteiger partial charge in [-0.2, -0.15) is 0 Å². The Bertz CT molecular complexity index is 670. The number of hydrogen-bond acceptors (Lipinski definition) is 5. The van der Waals surface area contributed by atoms with Crippen LogP contribution in [0, 0.1) is 0 Å². The van der Waals surface area contributed by atoms with Crippen molar-refractivity contribution in [1.82, 2.24) is 14.3 Å². The predicted molar refractivity (Wildman–Crippen MR) is 87.4 cm³/mol. The van der Waals surface area contributed by atoms with Gasteiger partial charge in [-0.3, -0.25) is 14.0 Å². The van der Waals surface area contributed by atoms with Crippen LogP contribution in [0.4, 0.5) is 0 Å². The number of carbonyl (C=O) groups is 2. The Labute approximate surface area is 139 Å². The molecule has 3 rings (SSSR count). The highest BCUT2D eigenvalue weighted by atomic mass is 32.1. The Balaban J connectivity index is 1.52. The normalized spacial score (nSPS) is 21.6. The maximum absolute atomic E-state index is 12.3. The van der Waals surface area contributed by atoms with E-state index in [1.165, 1.54) is 11.3 Å². The lowest BCUT2D eigenvalue weighted by atomic mass is 9.97. The summed E-state index contributed by atoms with van der Waals surface area (Å²) in [4.78, 5) is 31.3. The van der Waals surface area contributed by atoms with E-state index in [-0.39, 0.29) is 31.0 Å². The van der Waals surface area contributed by atoms with E-state index in [9.17, 15) is 9.59 Å². The number of likely N-dealkylation sites (tertiary alicyclic amines) is 1. The number of thiazole rings is 1. The summed E-state index contributed by atoms with van der Waals surface area (Å²) in [7, 11) is 0. The number of esters is 1. The van der Waals surface area contributed by atoms with E-state index in [2.05, 4.69) is 4.98 Å². The molecule has 0 aromatic carbocycles. The first-order chi connectivity index (χ1) is 11.0. The Morgan fingerprint density at radius 3 is 2.78 bits per heavy atom. The van der Waals surface area contributed by atoms with Crippen molar-refractivity contribution in [2.45, 2.75) is 51.6 Å². The molecule has 1 saturated heterocycles. The third kappa shape index (κ3) is 3.55. The molecule has 1 amide bonds. The molecule has 0 saturated carbocycles. The molecule has 0 unspecified atom stereocenters. The Morgan fingerprint density at radius 2 is 2.09 bits per heavy atom. The monoisotopic (exact) mass is 335 g/mol. The van der Waals surface area contributed by atoms with E-state index in [0.29, 0.717) is 5.69 Å². The van der Waals surface area contributed by atoms with Crippen molar-refractivity contribution in [3.05, 3.63) is 23.5 Å². The summed E-state index contributed by atoms with van der Waals surface area (Å²) < 4.78 is 7.02.